The first kappa shape index (κ1) is 15.0. The number of hydrogen-bond acceptors (Lipinski definition) is 3. The van der Waals surface area contributed by atoms with Crippen LogP contribution in [0.2, 0.25) is 0 Å². The van der Waals surface area contributed by atoms with Gasteiger partial charge in [-0.1, -0.05) is 19.1 Å². The van der Waals surface area contributed by atoms with Gasteiger partial charge in [-0.3, -0.25) is 9.59 Å². The fourth-order valence-corrected chi connectivity index (χ4v) is 1.59. The SMILES string of the molecule is CC(CNC(=O)CCl)C(=O)Oc1ccccc1Br. The number of carbonyl (C=O) groups is 2. The number of nitrogens with one attached hydrogen (secondary N) is 1. The van der Waals surface area contributed by atoms with E-state index in [1.54, 1.807) is 25.1 Å². The molecule has 0 spiro atoms. The first-order chi connectivity index (χ1) is 8.54. The molecule has 0 radical (unpaired) electrons. The summed E-state index contributed by atoms with van der Waals surface area (Å²) in [5.74, 6) is -0.817. The van der Waals surface area contributed by atoms with Crippen LogP contribution in [0.25, 0.3) is 0 Å². The van der Waals surface area contributed by atoms with Gasteiger partial charge in [0, 0.05) is 6.54 Å². The lowest BCUT2D eigenvalue weighted by molar-refractivity contribution is -0.138. The maximum absolute atomic E-state index is 11.7. The molecule has 1 aromatic carbocycles. The third kappa shape index (κ3) is 4.66. The van der Waals surface area contributed by atoms with Crippen LogP contribution in [-0.2, 0) is 9.59 Å². The Bertz CT molecular complexity index is 439. The summed E-state index contributed by atoms with van der Waals surface area (Å²) in [6.07, 6.45) is 0. The Hall–Kier alpha value is -1.07. The van der Waals surface area contributed by atoms with Crippen LogP contribution in [0.1, 0.15) is 6.92 Å². The minimum Gasteiger partial charge on any atom is -0.425 e. The number of rotatable bonds is 5. The Morgan fingerprint density at radius 2 is 2.11 bits per heavy atom. The zero-order chi connectivity index (χ0) is 13.5. The highest BCUT2D eigenvalue weighted by Gasteiger charge is 2.17. The largest absolute Gasteiger partial charge is 0.425 e. The van der Waals surface area contributed by atoms with Gasteiger partial charge in [0.05, 0.1) is 10.4 Å². The molecule has 18 heavy (non-hydrogen) atoms. The molecular formula is C12H13BrClNO3. The van der Waals surface area contributed by atoms with E-state index in [9.17, 15) is 9.59 Å². The molecule has 0 fully saturated rings. The fraction of sp³-hybridized carbons (Fsp3) is 0.333. The monoisotopic (exact) mass is 333 g/mol. The molecule has 0 saturated carbocycles. The summed E-state index contributed by atoms with van der Waals surface area (Å²) in [4.78, 5) is 22.7. The molecule has 1 atom stereocenters. The third-order valence-corrected chi connectivity index (χ3v) is 3.07. The Kier molecular flexibility index (Phi) is 6.15. The molecule has 1 rings (SSSR count). The molecule has 4 nitrogen and oxygen atoms in total. The average Bonchev–Trinajstić information content (AvgIpc) is 2.38. The molecule has 0 aromatic heterocycles. The van der Waals surface area contributed by atoms with E-state index in [2.05, 4.69) is 21.2 Å². The van der Waals surface area contributed by atoms with Crippen molar-refractivity contribution in [3.8, 4) is 5.75 Å². The molecule has 98 valence electrons. The number of esters is 1. The predicted molar refractivity (Wildman–Crippen MR) is 72.7 cm³/mol. The standard InChI is InChI=1S/C12H13BrClNO3/c1-8(7-15-11(16)6-14)12(17)18-10-5-3-2-4-9(10)13/h2-5,8H,6-7H2,1H3,(H,15,16). The number of halogens is 2. The van der Waals surface area contributed by atoms with E-state index < -0.39 is 11.9 Å². The first-order valence-corrected chi connectivity index (χ1v) is 6.66. The number of benzene rings is 1. The highest BCUT2D eigenvalue weighted by molar-refractivity contribution is 9.10. The van der Waals surface area contributed by atoms with Crippen molar-refractivity contribution in [1.29, 1.82) is 0 Å². The van der Waals surface area contributed by atoms with Gasteiger partial charge < -0.3 is 10.1 Å². The Morgan fingerprint density at radius 3 is 2.72 bits per heavy atom. The van der Waals surface area contributed by atoms with Gasteiger partial charge in [-0.2, -0.15) is 0 Å². The third-order valence-electron chi connectivity index (χ3n) is 2.18. The van der Waals surface area contributed by atoms with Crippen LogP contribution < -0.4 is 10.1 Å². The smallest absolute Gasteiger partial charge is 0.315 e. The lowest BCUT2D eigenvalue weighted by Gasteiger charge is -2.12. The van der Waals surface area contributed by atoms with E-state index in [1.165, 1.54) is 0 Å². The van der Waals surface area contributed by atoms with E-state index in [0.29, 0.717) is 10.2 Å². The van der Waals surface area contributed by atoms with E-state index >= 15 is 0 Å². The van der Waals surface area contributed by atoms with E-state index in [4.69, 9.17) is 16.3 Å². The summed E-state index contributed by atoms with van der Waals surface area (Å²) in [6.45, 7) is 1.88. The second kappa shape index (κ2) is 7.38. The Labute approximate surface area is 119 Å². The summed E-state index contributed by atoms with van der Waals surface area (Å²) >= 11 is 8.61. The van der Waals surface area contributed by atoms with E-state index in [1.807, 2.05) is 6.07 Å². The van der Waals surface area contributed by atoms with Crippen molar-refractivity contribution in [3.63, 3.8) is 0 Å². The van der Waals surface area contributed by atoms with Crippen molar-refractivity contribution in [2.75, 3.05) is 12.4 Å². The fourth-order valence-electron chi connectivity index (χ4n) is 1.13. The molecule has 0 aliphatic heterocycles. The zero-order valence-electron chi connectivity index (χ0n) is 9.78. The summed E-state index contributed by atoms with van der Waals surface area (Å²) in [5.41, 5.74) is 0. The van der Waals surface area contributed by atoms with Gasteiger partial charge in [0.2, 0.25) is 5.91 Å². The van der Waals surface area contributed by atoms with Crippen LogP contribution >= 0.6 is 27.5 Å². The Balaban J connectivity index is 2.50. The molecule has 1 unspecified atom stereocenters. The maximum Gasteiger partial charge on any atom is 0.315 e. The first-order valence-electron chi connectivity index (χ1n) is 5.33. The number of carbonyl (C=O) groups excluding carboxylic acids is 2. The predicted octanol–water partition coefficient (Wildman–Crippen LogP) is 2.35. The van der Waals surface area contributed by atoms with E-state index in [-0.39, 0.29) is 18.3 Å². The number of hydrogen-bond donors (Lipinski definition) is 1. The van der Waals surface area contributed by atoms with Crippen LogP contribution in [0.4, 0.5) is 0 Å². The molecule has 0 aliphatic rings. The van der Waals surface area contributed by atoms with Crippen molar-refractivity contribution >= 4 is 39.4 Å². The van der Waals surface area contributed by atoms with Gasteiger partial charge in [-0.05, 0) is 28.1 Å². The second-order valence-corrected chi connectivity index (χ2v) is 4.81. The summed E-state index contributed by atoms with van der Waals surface area (Å²) in [5, 5.41) is 2.53. The topological polar surface area (TPSA) is 55.4 Å². The number of alkyl halides is 1. The molecule has 0 aliphatic carbocycles. The van der Waals surface area contributed by atoms with Crippen LogP contribution in [0.5, 0.6) is 5.75 Å². The summed E-state index contributed by atoms with van der Waals surface area (Å²) < 4.78 is 5.91. The van der Waals surface area contributed by atoms with Gasteiger partial charge in [-0.15, -0.1) is 11.6 Å². The maximum atomic E-state index is 11.7. The normalized spacial score (nSPS) is 11.7. The highest BCUT2D eigenvalue weighted by Crippen LogP contribution is 2.24. The molecule has 1 amide bonds. The number of ether oxygens (including phenoxy) is 1. The molecule has 1 aromatic rings. The molecule has 6 heteroatoms. The van der Waals surface area contributed by atoms with Gasteiger partial charge >= 0.3 is 5.97 Å². The number of amides is 1. The van der Waals surface area contributed by atoms with Crippen LogP contribution in [0, 0.1) is 5.92 Å². The lowest BCUT2D eigenvalue weighted by Crippen LogP contribution is -2.33. The minimum atomic E-state index is -0.440. The van der Waals surface area contributed by atoms with Gasteiger partial charge in [0.25, 0.3) is 0 Å². The van der Waals surface area contributed by atoms with Crippen LogP contribution in [0.3, 0.4) is 0 Å². The van der Waals surface area contributed by atoms with Gasteiger partial charge in [0.15, 0.2) is 0 Å². The van der Waals surface area contributed by atoms with Crippen molar-refractivity contribution < 1.29 is 14.3 Å². The van der Waals surface area contributed by atoms with Gasteiger partial charge in [-0.25, -0.2) is 0 Å². The summed E-state index contributed by atoms with van der Waals surface area (Å²) in [6, 6.07) is 7.06. The summed E-state index contributed by atoms with van der Waals surface area (Å²) in [7, 11) is 0. The molecule has 1 N–H and O–H groups in total. The highest BCUT2D eigenvalue weighted by atomic mass is 79.9. The lowest BCUT2D eigenvalue weighted by atomic mass is 10.2. The zero-order valence-corrected chi connectivity index (χ0v) is 12.1. The molecule has 0 saturated heterocycles. The molecular weight excluding hydrogens is 321 g/mol. The van der Waals surface area contributed by atoms with Gasteiger partial charge in [0.1, 0.15) is 11.6 Å². The molecule has 0 heterocycles. The van der Waals surface area contributed by atoms with Crippen molar-refractivity contribution in [3.05, 3.63) is 28.7 Å². The quantitative estimate of drug-likeness (QED) is 0.511. The minimum absolute atomic E-state index is 0.119. The average molecular weight is 335 g/mol. The number of para-hydroxylation sites is 1. The van der Waals surface area contributed by atoms with Crippen molar-refractivity contribution in [2.24, 2.45) is 5.92 Å². The van der Waals surface area contributed by atoms with Crippen molar-refractivity contribution in [1.82, 2.24) is 5.32 Å². The molecule has 0 bridgehead atoms. The Morgan fingerprint density at radius 1 is 1.44 bits per heavy atom. The van der Waals surface area contributed by atoms with Crippen molar-refractivity contribution in [2.45, 2.75) is 6.92 Å². The van der Waals surface area contributed by atoms with Crippen LogP contribution in [0.15, 0.2) is 28.7 Å². The van der Waals surface area contributed by atoms with E-state index in [0.717, 1.165) is 0 Å². The second-order valence-electron chi connectivity index (χ2n) is 3.69. The van der Waals surface area contributed by atoms with Crippen LogP contribution in [-0.4, -0.2) is 24.3 Å².